The number of thiazole rings is 1. The number of carbonyl (C=O) groups is 3. The van der Waals surface area contributed by atoms with Gasteiger partial charge in [0.2, 0.25) is 11.0 Å². The lowest BCUT2D eigenvalue weighted by atomic mass is 9.81. The minimum Gasteiger partial charge on any atom is -0.381 e. The highest BCUT2D eigenvalue weighted by Crippen LogP contribution is 2.50. The van der Waals surface area contributed by atoms with Crippen molar-refractivity contribution in [1.29, 1.82) is 0 Å². The lowest BCUT2D eigenvalue weighted by Gasteiger charge is -2.36. The Bertz CT molecular complexity index is 1070. The van der Waals surface area contributed by atoms with Crippen molar-refractivity contribution in [2.45, 2.75) is 62.5 Å². The third kappa shape index (κ3) is 5.43. The zero-order chi connectivity index (χ0) is 24.4. The van der Waals surface area contributed by atoms with Crippen LogP contribution in [0, 0.1) is 0 Å². The van der Waals surface area contributed by atoms with Gasteiger partial charge in [0.1, 0.15) is 21.5 Å². The second kappa shape index (κ2) is 10.1. The van der Waals surface area contributed by atoms with Gasteiger partial charge in [0.05, 0.1) is 21.6 Å². The first-order valence-corrected chi connectivity index (χ1v) is 13.7. The number of hydrogen-bond acceptors (Lipinski definition) is 9. The maximum atomic E-state index is 13.0. The number of aliphatic hydroxyl groups excluding tert-OH is 1. The summed E-state index contributed by atoms with van der Waals surface area (Å²) in [6.07, 6.45) is 6.07. The van der Waals surface area contributed by atoms with Crippen molar-refractivity contribution >= 4 is 54.8 Å². The SMILES string of the molecule is C/C1=C\[C@@H](O)C(=O)/C=C/C=C\c2csc(n2)[C@@H](C)NC(=O)C[C@@]2(CC1)[S@@](=O)SC(=O)[C@]2(C)O. The second-order valence-corrected chi connectivity index (χ2v) is 12.4. The quantitative estimate of drug-likeness (QED) is 0.358. The molecule has 0 aromatic carbocycles. The molecule has 3 N–H and O–H groups in total. The van der Waals surface area contributed by atoms with E-state index in [0.29, 0.717) is 27.1 Å². The summed E-state index contributed by atoms with van der Waals surface area (Å²) in [4.78, 5) is 42.0. The molecule has 2 aliphatic heterocycles. The van der Waals surface area contributed by atoms with Crippen LogP contribution in [0.1, 0.15) is 56.8 Å². The van der Waals surface area contributed by atoms with Crippen LogP contribution in [0.2, 0.25) is 0 Å². The molecule has 3 heterocycles. The summed E-state index contributed by atoms with van der Waals surface area (Å²) in [7, 11) is -1.33. The third-order valence-electron chi connectivity index (χ3n) is 5.78. The summed E-state index contributed by atoms with van der Waals surface area (Å²) >= 11 is 1.35. The van der Waals surface area contributed by atoms with Gasteiger partial charge in [0.15, 0.2) is 5.78 Å². The molecule has 5 atom stereocenters. The highest BCUT2D eigenvalue weighted by Gasteiger charge is 2.63. The Morgan fingerprint density at radius 1 is 1.24 bits per heavy atom. The molecule has 178 valence electrons. The van der Waals surface area contributed by atoms with Gasteiger partial charge < -0.3 is 15.5 Å². The van der Waals surface area contributed by atoms with Crippen LogP contribution in [0.3, 0.4) is 0 Å². The molecule has 0 unspecified atom stereocenters. The number of fused-ring (bicyclic) bond motifs is 2. The molecule has 1 aromatic rings. The summed E-state index contributed by atoms with van der Waals surface area (Å²) in [5, 5.41) is 25.8. The van der Waals surface area contributed by atoms with Crippen molar-refractivity contribution in [2.75, 3.05) is 0 Å². The van der Waals surface area contributed by atoms with E-state index in [0.717, 1.165) is 0 Å². The first-order valence-electron chi connectivity index (χ1n) is 10.3. The molecule has 2 bridgehead atoms. The van der Waals surface area contributed by atoms with Crippen LogP contribution in [0.4, 0.5) is 0 Å². The van der Waals surface area contributed by atoms with Crippen molar-refractivity contribution in [2.24, 2.45) is 0 Å². The number of ketones is 1. The molecule has 1 amide bonds. The van der Waals surface area contributed by atoms with Crippen LogP contribution in [0.25, 0.3) is 6.08 Å². The average molecular weight is 511 g/mol. The fraction of sp³-hybridized carbons (Fsp3) is 0.455. The molecule has 0 saturated carbocycles. The topological polar surface area (TPSA) is 134 Å². The molecule has 2 aliphatic rings. The van der Waals surface area contributed by atoms with E-state index in [1.807, 2.05) is 0 Å². The largest absolute Gasteiger partial charge is 0.381 e. The Morgan fingerprint density at radius 3 is 2.61 bits per heavy atom. The molecule has 1 aromatic heterocycles. The lowest BCUT2D eigenvalue weighted by Crippen LogP contribution is -2.55. The molecule has 1 fully saturated rings. The Hall–Kier alpha value is -1.92. The zero-order valence-electron chi connectivity index (χ0n) is 18.4. The smallest absolute Gasteiger partial charge is 0.234 e. The highest BCUT2D eigenvalue weighted by atomic mass is 33.1. The van der Waals surface area contributed by atoms with Crippen LogP contribution in [-0.2, 0) is 24.2 Å². The van der Waals surface area contributed by atoms with Gasteiger partial charge in [0.25, 0.3) is 0 Å². The Labute approximate surface area is 202 Å². The highest BCUT2D eigenvalue weighted by molar-refractivity contribution is 8.76. The van der Waals surface area contributed by atoms with Crippen molar-refractivity contribution in [3.63, 3.8) is 0 Å². The first-order chi connectivity index (χ1) is 15.5. The Morgan fingerprint density at radius 2 is 1.94 bits per heavy atom. The predicted octanol–water partition coefficient (Wildman–Crippen LogP) is 2.38. The molecule has 8 nitrogen and oxygen atoms in total. The molecule has 1 saturated heterocycles. The van der Waals surface area contributed by atoms with E-state index in [1.54, 1.807) is 31.4 Å². The van der Waals surface area contributed by atoms with Crippen LogP contribution < -0.4 is 5.32 Å². The monoisotopic (exact) mass is 510 g/mol. The number of rotatable bonds is 0. The Kier molecular flexibility index (Phi) is 7.90. The molecule has 0 radical (unpaired) electrons. The minimum atomic E-state index is -1.99. The van der Waals surface area contributed by atoms with E-state index < -0.39 is 49.1 Å². The fourth-order valence-corrected chi connectivity index (χ4v) is 8.39. The number of hydrogen-bond donors (Lipinski definition) is 3. The summed E-state index contributed by atoms with van der Waals surface area (Å²) < 4.78 is 11.5. The molecule has 11 heteroatoms. The second-order valence-electron chi connectivity index (χ2n) is 8.33. The molecular formula is C22H26N2O6S3. The van der Waals surface area contributed by atoms with E-state index in [9.17, 15) is 28.8 Å². The van der Waals surface area contributed by atoms with Crippen LogP contribution in [0.5, 0.6) is 0 Å². The van der Waals surface area contributed by atoms with Crippen LogP contribution in [-0.4, -0.2) is 52.7 Å². The normalized spacial score (nSPS) is 37.7. The molecule has 0 aliphatic carbocycles. The number of carbonyl (C=O) groups excluding carboxylic acids is 3. The van der Waals surface area contributed by atoms with Crippen molar-refractivity contribution in [3.05, 3.63) is 46.0 Å². The first kappa shape index (κ1) is 25.7. The van der Waals surface area contributed by atoms with Gasteiger partial charge in [-0.05, 0) is 51.8 Å². The van der Waals surface area contributed by atoms with E-state index in [-0.39, 0.29) is 19.3 Å². The van der Waals surface area contributed by atoms with Crippen LogP contribution in [0.15, 0.2) is 35.3 Å². The fourth-order valence-electron chi connectivity index (χ4n) is 3.65. The summed E-state index contributed by atoms with van der Waals surface area (Å²) in [5.41, 5.74) is -0.732. The molecular weight excluding hydrogens is 484 g/mol. The molecule has 3 rings (SSSR count). The van der Waals surface area contributed by atoms with Gasteiger partial charge in [0, 0.05) is 22.6 Å². The van der Waals surface area contributed by atoms with E-state index >= 15 is 0 Å². The number of aliphatic hydroxyl groups is 2. The van der Waals surface area contributed by atoms with Gasteiger partial charge in [-0.2, -0.15) is 0 Å². The van der Waals surface area contributed by atoms with Crippen molar-refractivity contribution < 1.29 is 28.8 Å². The molecule has 1 spiro atoms. The minimum absolute atomic E-state index is 0.0520. The average Bonchev–Trinajstić information content (AvgIpc) is 3.27. The van der Waals surface area contributed by atoms with E-state index in [2.05, 4.69) is 10.3 Å². The number of allylic oxidation sites excluding steroid dienone is 3. The number of amides is 1. The summed E-state index contributed by atoms with van der Waals surface area (Å²) in [6, 6.07) is -0.433. The standard InChI is InChI=1S/C22H26N2O6S3/c1-13-8-9-22(21(3,29)20(28)32-33(22)30)11-18(27)23-14(2)19-24-15(12-31-19)6-4-5-7-16(25)17(26)10-13/h4-7,10,12,14,17,26,29H,8-9,11H2,1-3H3,(H,23,27)/b6-4-,7-5+,13-10+/t14-,17-,21+,22-,33+/m1/s1. The maximum Gasteiger partial charge on any atom is 0.234 e. The van der Waals surface area contributed by atoms with Gasteiger partial charge in [-0.1, -0.05) is 17.7 Å². The number of nitrogens with one attached hydrogen (secondary N) is 1. The zero-order valence-corrected chi connectivity index (χ0v) is 20.9. The number of nitrogens with zero attached hydrogens (tertiary/aromatic N) is 1. The predicted molar refractivity (Wildman–Crippen MR) is 130 cm³/mol. The summed E-state index contributed by atoms with van der Waals surface area (Å²) in [5.74, 6) is -0.969. The maximum absolute atomic E-state index is 13.0. The van der Waals surface area contributed by atoms with E-state index in [4.69, 9.17) is 0 Å². The van der Waals surface area contributed by atoms with E-state index in [1.165, 1.54) is 36.5 Å². The van der Waals surface area contributed by atoms with Gasteiger partial charge in [-0.25, -0.2) is 9.19 Å². The third-order valence-corrected chi connectivity index (χ3v) is 10.8. The van der Waals surface area contributed by atoms with Gasteiger partial charge in [-0.3, -0.25) is 14.4 Å². The van der Waals surface area contributed by atoms with Crippen molar-refractivity contribution in [3.8, 4) is 0 Å². The Balaban J connectivity index is 1.99. The van der Waals surface area contributed by atoms with Crippen molar-refractivity contribution in [1.82, 2.24) is 10.3 Å². The van der Waals surface area contributed by atoms with Gasteiger partial charge in [-0.15, -0.1) is 11.3 Å². The molecule has 33 heavy (non-hydrogen) atoms. The summed E-state index contributed by atoms with van der Waals surface area (Å²) in [6.45, 7) is 4.75. The van der Waals surface area contributed by atoms with Crippen LogP contribution >= 0.6 is 22.1 Å². The van der Waals surface area contributed by atoms with Gasteiger partial charge >= 0.3 is 0 Å². The number of aromatic nitrogens is 1. The lowest BCUT2D eigenvalue weighted by molar-refractivity contribution is -0.132.